The van der Waals surface area contributed by atoms with Gasteiger partial charge in [-0.1, -0.05) is 0 Å². The number of likely N-dealkylation sites (tertiary alicyclic amines) is 1. The summed E-state index contributed by atoms with van der Waals surface area (Å²) in [5, 5.41) is 1.80. The zero-order valence-corrected chi connectivity index (χ0v) is 15.5. The molecule has 3 saturated heterocycles. The maximum absolute atomic E-state index is 12.5. The Labute approximate surface area is 143 Å². The number of carbonyl (C=O) groups is 2. The smallest absolute Gasteiger partial charge is 0.410 e. The van der Waals surface area contributed by atoms with Crippen LogP contribution in [0.2, 0.25) is 0 Å². The maximum atomic E-state index is 12.5. The topological polar surface area (TPSA) is 68.3 Å². The molecule has 3 aliphatic rings. The molecule has 0 radical (unpaired) electrons. The Morgan fingerprint density at radius 2 is 1.79 bits per heavy atom. The van der Waals surface area contributed by atoms with Crippen LogP contribution in [0.3, 0.4) is 0 Å². The molecule has 1 atom stereocenters. The van der Waals surface area contributed by atoms with Crippen molar-refractivity contribution in [2.45, 2.75) is 76.7 Å². The van der Waals surface area contributed by atoms with Crippen LogP contribution in [0.5, 0.6) is 0 Å². The molecule has 0 aromatic rings. The van der Waals surface area contributed by atoms with Gasteiger partial charge in [0, 0.05) is 25.9 Å². The van der Waals surface area contributed by atoms with E-state index in [0.717, 1.165) is 0 Å². The molecule has 24 heavy (non-hydrogen) atoms. The van der Waals surface area contributed by atoms with Gasteiger partial charge in [-0.2, -0.15) is 5.06 Å². The van der Waals surface area contributed by atoms with Gasteiger partial charge in [-0.25, -0.2) is 9.59 Å². The quantitative estimate of drug-likeness (QED) is 0.717. The highest BCUT2D eigenvalue weighted by molar-refractivity contribution is 5.84. The van der Waals surface area contributed by atoms with Crippen molar-refractivity contribution in [3.63, 3.8) is 0 Å². The standard InChI is InChI=1S/C17H28N2O5/c1-7-22-12(20)17-8-15(5,6)24-19(17)16(9-17)10-18(11-16)13(21)23-14(2,3)4/h7-11H2,1-6H3. The lowest BCUT2D eigenvalue weighted by Crippen LogP contribution is -2.84. The van der Waals surface area contributed by atoms with E-state index >= 15 is 0 Å². The number of ether oxygens (including phenoxy) is 2. The minimum atomic E-state index is -0.709. The number of nitrogens with zero attached hydrogens (tertiary/aromatic N) is 2. The largest absolute Gasteiger partial charge is 0.465 e. The van der Waals surface area contributed by atoms with E-state index in [4.69, 9.17) is 14.3 Å². The zero-order valence-electron chi connectivity index (χ0n) is 15.5. The minimum absolute atomic E-state index is 0.225. The molecule has 3 fully saturated rings. The van der Waals surface area contributed by atoms with Gasteiger partial charge in [0.15, 0.2) is 0 Å². The van der Waals surface area contributed by atoms with Crippen molar-refractivity contribution in [1.29, 1.82) is 0 Å². The average molecular weight is 340 g/mol. The van der Waals surface area contributed by atoms with E-state index < -0.39 is 16.7 Å². The Morgan fingerprint density at radius 3 is 2.33 bits per heavy atom. The van der Waals surface area contributed by atoms with Gasteiger partial charge in [0.05, 0.1) is 17.7 Å². The number of carbonyl (C=O) groups excluding carboxylic acids is 2. The molecule has 3 heterocycles. The lowest BCUT2D eigenvalue weighted by molar-refractivity contribution is -0.346. The third kappa shape index (κ3) is 2.58. The second kappa shape index (κ2) is 5.08. The lowest BCUT2D eigenvalue weighted by atomic mass is 9.64. The summed E-state index contributed by atoms with van der Waals surface area (Å²) in [7, 11) is 0. The fourth-order valence-corrected chi connectivity index (χ4v) is 4.21. The normalized spacial score (nSPS) is 30.3. The van der Waals surface area contributed by atoms with Crippen LogP contribution in [0.25, 0.3) is 0 Å². The molecule has 136 valence electrons. The lowest BCUT2D eigenvalue weighted by Gasteiger charge is -2.65. The molecule has 7 heteroatoms. The van der Waals surface area contributed by atoms with E-state index in [9.17, 15) is 9.59 Å². The van der Waals surface area contributed by atoms with Gasteiger partial charge in [0.1, 0.15) is 11.1 Å². The van der Waals surface area contributed by atoms with Gasteiger partial charge in [-0.05, 0) is 41.5 Å². The molecular weight excluding hydrogens is 312 g/mol. The van der Waals surface area contributed by atoms with Crippen LogP contribution < -0.4 is 0 Å². The first kappa shape index (κ1) is 17.5. The molecule has 1 unspecified atom stereocenters. The first-order valence-corrected chi connectivity index (χ1v) is 8.58. The summed E-state index contributed by atoms with van der Waals surface area (Å²) in [5.41, 5.74) is -1.93. The fraction of sp³-hybridized carbons (Fsp3) is 0.882. The first-order chi connectivity index (χ1) is 10.9. The molecule has 0 aromatic carbocycles. The van der Waals surface area contributed by atoms with E-state index in [0.29, 0.717) is 32.5 Å². The first-order valence-electron chi connectivity index (χ1n) is 8.58. The molecule has 0 aliphatic carbocycles. The van der Waals surface area contributed by atoms with Crippen LogP contribution in [0.1, 0.15) is 54.4 Å². The molecule has 0 saturated carbocycles. The Kier molecular flexibility index (Phi) is 3.70. The van der Waals surface area contributed by atoms with Gasteiger partial charge >= 0.3 is 12.1 Å². The Hall–Kier alpha value is -1.34. The van der Waals surface area contributed by atoms with Crippen LogP contribution >= 0.6 is 0 Å². The van der Waals surface area contributed by atoms with E-state index in [2.05, 4.69) is 0 Å². The third-order valence-electron chi connectivity index (χ3n) is 4.78. The second-order valence-corrected chi connectivity index (χ2v) is 8.81. The third-order valence-corrected chi connectivity index (χ3v) is 4.78. The van der Waals surface area contributed by atoms with Crippen molar-refractivity contribution in [3.05, 3.63) is 0 Å². The van der Waals surface area contributed by atoms with E-state index in [-0.39, 0.29) is 17.6 Å². The van der Waals surface area contributed by atoms with Crippen LogP contribution in [-0.2, 0) is 19.1 Å². The van der Waals surface area contributed by atoms with Crippen molar-refractivity contribution >= 4 is 12.1 Å². The number of amides is 1. The summed E-state index contributed by atoms with van der Waals surface area (Å²) in [6, 6.07) is 0. The van der Waals surface area contributed by atoms with Crippen molar-refractivity contribution in [2.75, 3.05) is 19.7 Å². The molecule has 7 nitrogen and oxygen atoms in total. The van der Waals surface area contributed by atoms with Crippen LogP contribution in [-0.4, -0.2) is 64.0 Å². The van der Waals surface area contributed by atoms with Gasteiger partial charge < -0.3 is 14.4 Å². The molecule has 0 N–H and O–H groups in total. The van der Waals surface area contributed by atoms with Gasteiger partial charge in [-0.15, -0.1) is 0 Å². The van der Waals surface area contributed by atoms with E-state index in [1.165, 1.54) is 0 Å². The van der Waals surface area contributed by atoms with Gasteiger partial charge in [-0.3, -0.25) is 4.84 Å². The number of hydrogen-bond donors (Lipinski definition) is 0. The monoisotopic (exact) mass is 340 g/mol. The number of fused-ring (bicyclic) bond motifs is 2. The molecule has 1 spiro atoms. The predicted molar refractivity (Wildman–Crippen MR) is 86.1 cm³/mol. The highest BCUT2D eigenvalue weighted by atomic mass is 16.7. The molecule has 3 aliphatic heterocycles. The summed E-state index contributed by atoms with van der Waals surface area (Å²) >= 11 is 0. The van der Waals surface area contributed by atoms with E-state index in [1.54, 1.807) is 9.96 Å². The number of hydrogen-bond acceptors (Lipinski definition) is 6. The van der Waals surface area contributed by atoms with Gasteiger partial charge in [0.2, 0.25) is 0 Å². The minimum Gasteiger partial charge on any atom is -0.465 e. The predicted octanol–water partition coefficient (Wildman–Crippen LogP) is 2.10. The maximum Gasteiger partial charge on any atom is 0.410 e. The Bertz CT molecular complexity index is 562. The summed E-state index contributed by atoms with van der Waals surface area (Å²) in [4.78, 5) is 32.4. The van der Waals surface area contributed by atoms with Crippen molar-refractivity contribution in [2.24, 2.45) is 0 Å². The fourth-order valence-electron chi connectivity index (χ4n) is 4.21. The summed E-state index contributed by atoms with van der Waals surface area (Å²) in [5.74, 6) is -0.225. The zero-order chi connectivity index (χ0) is 18.0. The van der Waals surface area contributed by atoms with Crippen LogP contribution in [0, 0.1) is 0 Å². The highest BCUT2D eigenvalue weighted by Gasteiger charge is 2.76. The van der Waals surface area contributed by atoms with Gasteiger partial charge in [0.25, 0.3) is 0 Å². The second-order valence-electron chi connectivity index (χ2n) is 8.81. The highest BCUT2D eigenvalue weighted by Crippen LogP contribution is 2.59. The van der Waals surface area contributed by atoms with Crippen molar-refractivity contribution < 1.29 is 23.9 Å². The molecule has 0 bridgehead atoms. The SMILES string of the molecule is CCOC(=O)C12CC(C)(C)ON1C1(CN(C(=O)OC(C)(C)C)C1)C2. The Morgan fingerprint density at radius 1 is 1.17 bits per heavy atom. The summed E-state index contributed by atoms with van der Waals surface area (Å²) < 4.78 is 10.7. The number of rotatable bonds is 2. The average Bonchev–Trinajstić information content (AvgIpc) is 2.57. The summed E-state index contributed by atoms with van der Waals surface area (Å²) in [6.45, 7) is 12.7. The van der Waals surface area contributed by atoms with Crippen LogP contribution in [0.15, 0.2) is 0 Å². The molecule has 3 rings (SSSR count). The van der Waals surface area contributed by atoms with Crippen molar-refractivity contribution in [1.82, 2.24) is 9.96 Å². The Balaban J connectivity index is 1.69. The van der Waals surface area contributed by atoms with Crippen molar-refractivity contribution in [3.8, 4) is 0 Å². The van der Waals surface area contributed by atoms with E-state index in [1.807, 2.05) is 41.5 Å². The molecule has 1 amide bonds. The molecule has 0 aromatic heterocycles. The van der Waals surface area contributed by atoms with Crippen LogP contribution in [0.4, 0.5) is 4.79 Å². The summed E-state index contributed by atoms with van der Waals surface area (Å²) in [6.07, 6.45) is 0.939. The number of esters is 1. The molecular formula is C17H28N2O5. The number of hydroxylamine groups is 2.